The number of nitrogens with zero attached hydrogens (tertiary/aromatic N) is 2. The van der Waals surface area contributed by atoms with Crippen LogP contribution in [0.25, 0.3) is 11.1 Å². The SMILES string of the molecule is CN(C)CCCn1c(O)c(-c2ccccc2)c(=O)[nH]c1=O. The molecule has 0 aliphatic rings. The standard InChI is InChI=1S/C15H19N3O3/c1-17(2)9-6-10-18-14(20)12(13(19)16-15(18)21)11-7-4-3-5-8-11/h3-5,7-8,20H,6,9-10H2,1-2H3,(H,16,19,21). The molecule has 112 valence electrons. The molecule has 0 spiro atoms. The molecule has 21 heavy (non-hydrogen) atoms. The Labute approximate surface area is 122 Å². The Morgan fingerprint density at radius 1 is 1.19 bits per heavy atom. The largest absolute Gasteiger partial charge is 0.494 e. The number of aromatic hydroxyl groups is 1. The molecule has 6 heteroatoms. The van der Waals surface area contributed by atoms with Crippen LogP contribution in [0, 0.1) is 0 Å². The molecule has 2 N–H and O–H groups in total. The van der Waals surface area contributed by atoms with Crippen molar-refractivity contribution in [1.82, 2.24) is 14.5 Å². The van der Waals surface area contributed by atoms with Gasteiger partial charge >= 0.3 is 5.69 Å². The summed E-state index contributed by atoms with van der Waals surface area (Å²) >= 11 is 0. The van der Waals surface area contributed by atoms with Crippen molar-refractivity contribution in [2.75, 3.05) is 20.6 Å². The zero-order valence-electron chi connectivity index (χ0n) is 12.2. The lowest BCUT2D eigenvalue weighted by atomic mass is 10.1. The van der Waals surface area contributed by atoms with Crippen LogP contribution < -0.4 is 11.2 Å². The van der Waals surface area contributed by atoms with Crippen LogP contribution in [0.15, 0.2) is 39.9 Å². The predicted octanol–water partition coefficient (Wildman–Crippen LogP) is 0.861. The molecule has 0 saturated heterocycles. The third-order valence-electron chi connectivity index (χ3n) is 3.22. The lowest BCUT2D eigenvalue weighted by molar-refractivity contribution is 0.359. The fourth-order valence-corrected chi connectivity index (χ4v) is 2.18. The summed E-state index contributed by atoms with van der Waals surface area (Å²) in [6.07, 6.45) is 0.695. The average molecular weight is 289 g/mol. The molecule has 2 rings (SSSR count). The summed E-state index contributed by atoms with van der Waals surface area (Å²) in [6.45, 7) is 1.13. The summed E-state index contributed by atoms with van der Waals surface area (Å²) in [5, 5.41) is 10.3. The van der Waals surface area contributed by atoms with E-state index in [0.29, 0.717) is 18.5 Å². The van der Waals surface area contributed by atoms with Gasteiger partial charge < -0.3 is 10.0 Å². The molecule has 0 aliphatic heterocycles. The number of hydrogen-bond acceptors (Lipinski definition) is 4. The maximum Gasteiger partial charge on any atom is 0.331 e. The van der Waals surface area contributed by atoms with Crippen molar-refractivity contribution in [3.05, 3.63) is 51.2 Å². The number of rotatable bonds is 5. The number of aromatic amines is 1. The molecule has 0 amide bonds. The molecule has 6 nitrogen and oxygen atoms in total. The number of H-pyrrole nitrogens is 1. The summed E-state index contributed by atoms with van der Waals surface area (Å²) in [5.41, 5.74) is -0.457. The highest BCUT2D eigenvalue weighted by atomic mass is 16.3. The van der Waals surface area contributed by atoms with Gasteiger partial charge in [0.25, 0.3) is 5.56 Å². The number of aromatic nitrogens is 2. The molecule has 0 aliphatic carbocycles. The average Bonchev–Trinajstić information content (AvgIpc) is 2.43. The molecule has 0 saturated carbocycles. The minimum Gasteiger partial charge on any atom is -0.494 e. The van der Waals surface area contributed by atoms with Crippen molar-refractivity contribution in [2.45, 2.75) is 13.0 Å². The molecule has 0 atom stereocenters. The Morgan fingerprint density at radius 2 is 1.86 bits per heavy atom. The molecule has 0 fully saturated rings. The van der Waals surface area contributed by atoms with Gasteiger partial charge in [0.1, 0.15) is 5.56 Å². The van der Waals surface area contributed by atoms with Gasteiger partial charge in [0.15, 0.2) is 0 Å². The lowest BCUT2D eigenvalue weighted by Crippen LogP contribution is -2.31. The summed E-state index contributed by atoms with van der Waals surface area (Å²) in [7, 11) is 3.87. The maximum absolute atomic E-state index is 12.0. The van der Waals surface area contributed by atoms with E-state index < -0.39 is 11.2 Å². The van der Waals surface area contributed by atoms with E-state index in [1.807, 2.05) is 25.1 Å². The molecular formula is C15H19N3O3. The summed E-state index contributed by atoms with van der Waals surface area (Å²) in [5.74, 6) is -0.284. The highest BCUT2D eigenvalue weighted by Crippen LogP contribution is 2.23. The van der Waals surface area contributed by atoms with Crippen molar-refractivity contribution in [3.8, 4) is 17.0 Å². The quantitative estimate of drug-likeness (QED) is 0.856. The first-order chi connectivity index (χ1) is 10.0. The van der Waals surface area contributed by atoms with Crippen LogP contribution in [0.1, 0.15) is 6.42 Å². The van der Waals surface area contributed by atoms with Gasteiger partial charge in [-0.1, -0.05) is 30.3 Å². The normalized spacial score (nSPS) is 11.0. The van der Waals surface area contributed by atoms with Crippen LogP contribution in [0.3, 0.4) is 0 Å². The van der Waals surface area contributed by atoms with E-state index in [2.05, 4.69) is 4.98 Å². The first-order valence-corrected chi connectivity index (χ1v) is 6.77. The van der Waals surface area contributed by atoms with Gasteiger partial charge in [0.05, 0.1) is 0 Å². The number of nitrogens with one attached hydrogen (secondary N) is 1. The van der Waals surface area contributed by atoms with E-state index >= 15 is 0 Å². The Bertz CT molecular complexity index is 717. The van der Waals surface area contributed by atoms with Gasteiger partial charge in [-0.15, -0.1) is 0 Å². The van der Waals surface area contributed by atoms with Gasteiger partial charge in [0, 0.05) is 6.54 Å². The van der Waals surface area contributed by atoms with Crippen LogP contribution in [0.5, 0.6) is 5.88 Å². The van der Waals surface area contributed by atoms with Crippen LogP contribution in [0.2, 0.25) is 0 Å². The topological polar surface area (TPSA) is 78.3 Å². The van der Waals surface area contributed by atoms with E-state index in [1.165, 1.54) is 4.57 Å². The zero-order chi connectivity index (χ0) is 15.4. The Hall–Kier alpha value is -2.34. The van der Waals surface area contributed by atoms with Crippen molar-refractivity contribution in [2.24, 2.45) is 0 Å². The second-order valence-corrected chi connectivity index (χ2v) is 5.13. The molecule has 0 radical (unpaired) electrons. The molecule has 1 aromatic carbocycles. The minimum absolute atomic E-state index is 0.125. The van der Waals surface area contributed by atoms with E-state index in [4.69, 9.17) is 0 Å². The Kier molecular flexibility index (Phi) is 4.59. The molecule has 0 unspecified atom stereocenters. The fraction of sp³-hybridized carbons (Fsp3) is 0.333. The fourth-order valence-electron chi connectivity index (χ4n) is 2.18. The highest BCUT2D eigenvalue weighted by Gasteiger charge is 2.15. The third-order valence-corrected chi connectivity index (χ3v) is 3.22. The van der Waals surface area contributed by atoms with Gasteiger partial charge in [-0.3, -0.25) is 14.3 Å². The van der Waals surface area contributed by atoms with Crippen molar-refractivity contribution in [3.63, 3.8) is 0 Å². The molecule has 0 bridgehead atoms. The summed E-state index contributed by atoms with van der Waals surface area (Å²) in [4.78, 5) is 28.1. The van der Waals surface area contributed by atoms with E-state index in [1.54, 1.807) is 24.3 Å². The minimum atomic E-state index is -0.587. The zero-order valence-corrected chi connectivity index (χ0v) is 12.2. The smallest absolute Gasteiger partial charge is 0.331 e. The molecule has 1 heterocycles. The van der Waals surface area contributed by atoms with E-state index in [-0.39, 0.29) is 11.4 Å². The molecule has 1 aromatic heterocycles. The van der Waals surface area contributed by atoms with Crippen LogP contribution in [-0.4, -0.2) is 40.2 Å². The van der Waals surface area contributed by atoms with Crippen molar-refractivity contribution in [1.29, 1.82) is 0 Å². The van der Waals surface area contributed by atoms with Gasteiger partial charge in [-0.2, -0.15) is 0 Å². The van der Waals surface area contributed by atoms with E-state index in [9.17, 15) is 14.7 Å². The van der Waals surface area contributed by atoms with Crippen molar-refractivity contribution < 1.29 is 5.11 Å². The first kappa shape index (κ1) is 15.1. The number of hydrogen-bond donors (Lipinski definition) is 2. The van der Waals surface area contributed by atoms with Gasteiger partial charge in [0.2, 0.25) is 5.88 Å². The number of benzene rings is 1. The predicted molar refractivity (Wildman–Crippen MR) is 81.6 cm³/mol. The van der Waals surface area contributed by atoms with E-state index in [0.717, 1.165) is 6.54 Å². The van der Waals surface area contributed by atoms with Crippen LogP contribution in [0.4, 0.5) is 0 Å². The van der Waals surface area contributed by atoms with Crippen LogP contribution in [-0.2, 0) is 6.54 Å². The highest BCUT2D eigenvalue weighted by molar-refractivity contribution is 5.67. The molecular weight excluding hydrogens is 270 g/mol. The van der Waals surface area contributed by atoms with Crippen LogP contribution >= 0.6 is 0 Å². The van der Waals surface area contributed by atoms with Crippen molar-refractivity contribution >= 4 is 0 Å². The first-order valence-electron chi connectivity index (χ1n) is 6.77. The third kappa shape index (κ3) is 3.41. The van der Waals surface area contributed by atoms with Gasteiger partial charge in [-0.05, 0) is 32.6 Å². The Balaban J connectivity index is 2.44. The lowest BCUT2D eigenvalue weighted by Gasteiger charge is -2.13. The Morgan fingerprint density at radius 3 is 2.48 bits per heavy atom. The maximum atomic E-state index is 12.0. The molecule has 2 aromatic rings. The monoisotopic (exact) mass is 289 g/mol. The van der Waals surface area contributed by atoms with Gasteiger partial charge in [-0.25, -0.2) is 4.79 Å². The second kappa shape index (κ2) is 6.41. The second-order valence-electron chi connectivity index (χ2n) is 5.13. The summed E-state index contributed by atoms with van der Waals surface area (Å²) < 4.78 is 1.20. The summed E-state index contributed by atoms with van der Waals surface area (Å²) in [6, 6.07) is 8.81.